The predicted octanol–water partition coefficient (Wildman–Crippen LogP) is 0.797. The van der Waals surface area contributed by atoms with Crippen LogP contribution in [0.5, 0.6) is 0 Å². The van der Waals surface area contributed by atoms with Gasteiger partial charge >= 0.3 is 0 Å². The van der Waals surface area contributed by atoms with Crippen molar-refractivity contribution in [3.05, 3.63) is 11.9 Å². The van der Waals surface area contributed by atoms with Crippen molar-refractivity contribution in [2.24, 2.45) is 0 Å². The second kappa shape index (κ2) is 5.97. The van der Waals surface area contributed by atoms with Gasteiger partial charge in [0.15, 0.2) is 0 Å². The summed E-state index contributed by atoms with van der Waals surface area (Å²) in [6.45, 7) is 5.38. The highest BCUT2D eigenvalue weighted by Crippen LogP contribution is 2.19. The van der Waals surface area contributed by atoms with Crippen molar-refractivity contribution in [2.45, 2.75) is 32.2 Å². The van der Waals surface area contributed by atoms with E-state index in [9.17, 15) is 10.2 Å². The topological polar surface area (TPSA) is 90.3 Å². The maximum Gasteiger partial charge on any atom is 0.135 e. The molecule has 0 spiro atoms. The summed E-state index contributed by atoms with van der Waals surface area (Å²) in [7, 11) is 1.79. The molecule has 0 saturated heterocycles. The highest BCUT2D eigenvalue weighted by molar-refractivity contribution is 5.49. The lowest BCUT2D eigenvalue weighted by molar-refractivity contribution is 0.147. The number of nitrogens with zero attached hydrogens (tertiary/aromatic N) is 2. The van der Waals surface area contributed by atoms with Crippen molar-refractivity contribution in [1.29, 1.82) is 0 Å². The lowest BCUT2D eigenvalue weighted by Crippen LogP contribution is -2.42. The molecule has 0 aliphatic carbocycles. The van der Waals surface area contributed by atoms with E-state index in [1.165, 1.54) is 0 Å². The van der Waals surface area contributed by atoms with Gasteiger partial charge in [-0.3, -0.25) is 0 Å². The maximum absolute atomic E-state index is 9.27. The quantitative estimate of drug-likeness (QED) is 0.600. The van der Waals surface area contributed by atoms with Crippen LogP contribution < -0.4 is 10.6 Å². The van der Waals surface area contributed by atoms with Gasteiger partial charge in [0.25, 0.3) is 0 Å². The van der Waals surface area contributed by atoms with Crippen molar-refractivity contribution < 1.29 is 10.2 Å². The SMILES string of the molecule is CNc1cc(NC(C)(CO)CO)nc(C(C)C)n1. The Balaban J connectivity index is 3.04. The zero-order valence-corrected chi connectivity index (χ0v) is 11.4. The summed E-state index contributed by atoms with van der Waals surface area (Å²) in [5, 5.41) is 24.5. The van der Waals surface area contributed by atoms with Crippen molar-refractivity contribution in [2.75, 3.05) is 30.9 Å². The molecule has 1 aromatic rings. The van der Waals surface area contributed by atoms with Crippen LogP contribution in [0.3, 0.4) is 0 Å². The third kappa shape index (κ3) is 3.54. The van der Waals surface area contributed by atoms with Crippen LogP contribution in [-0.4, -0.2) is 46.0 Å². The molecular weight excluding hydrogens is 232 g/mol. The number of hydrogen-bond acceptors (Lipinski definition) is 6. The molecule has 0 aromatic carbocycles. The number of aliphatic hydroxyl groups is 2. The molecule has 0 unspecified atom stereocenters. The molecule has 18 heavy (non-hydrogen) atoms. The van der Waals surface area contributed by atoms with E-state index in [1.807, 2.05) is 13.8 Å². The normalized spacial score (nSPS) is 11.7. The first kappa shape index (κ1) is 14.7. The van der Waals surface area contributed by atoms with E-state index >= 15 is 0 Å². The number of rotatable bonds is 6. The summed E-state index contributed by atoms with van der Waals surface area (Å²) in [5.41, 5.74) is -0.798. The predicted molar refractivity (Wildman–Crippen MR) is 71.9 cm³/mol. The Morgan fingerprint density at radius 1 is 1.22 bits per heavy atom. The summed E-state index contributed by atoms with van der Waals surface area (Å²) in [6.07, 6.45) is 0. The molecule has 0 atom stereocenters. The van der Waals surface area contributed by atoms with Crippen LogP contribution in [0.4, 0.5) is 11.6 Å². The van der Waals surface area contributed by atoms with Gasteiger partial charge in [0.2, 0.25) is 0 Å². The van der Waals surface area contributed by atoms with E-state index in [-0.39, 0.29) is 19.1 Å². The average Bonchev–Trinajstić information content (AvgIpc) is 2.38. The Kier molecular flexibility index (Phi) is 4.86. The molecule has 6 nitrogen and oxygen atoms in total. The van der Waals surface area contributed by atoms with E-state index < -0.39 is 5.54 Å². The van der Waals surface area contributed by atoms with Crippen LogP contribution in [0.2, 0.25) is 0 Å². The molecule has 0 aliphatic heterocycles. The minimum Gasteiger partial charge on any atom is -0.394 e. The standard InChI is InChI=1S/C12H22N4O2/c1-8(2)11-14-9(13-4)5-10(15-11)16-12(3,6-17)7-18/h5,8,17-18H,6-7H2,1-4H3,(H2,13,14,15,16). The fourth-order valence-corrected chi connectivity index (χ4v) is 1.35. The highest BCUT2D eigenvalue weighted by atomic mass is 16.3. The van der Waals surface area contributed by atoms with Gasteiger partial charge in [-0.2, -0.15) is 0 Å². The van der Waals surface area contributed by atoms with Gasteiger partial charge in [0, 0.05) is 19.0 Å². The monoisotopic (exact) mass is 254 g/mol. The van der Waals surface area contributed by atoms with Gasteiger partial charge in [-0.05, 0) is 6.92 Å². The van der Waals surface area contributed by atoms with E-state index in [4.69, 9.17) is 0 Å². The molecule has 0 amide bonds. The number of aromatic nitrogens is 2. The van der Waals surface area contributed by atoms with Gasteiger partial charge in [0.1, 0.15) is 17.5 Å². The highest BCUT2D eigenvalue weighted by Gasteiger charge is 2.23. The Hall–Kier alpha value is -1.40. The number of hydrogen-bond donors (Lipinski definition) is 4. The molecule has 1 heterocycles. The molecule has 0 fully saturated rings. The summed E-state index contributed by atoms with van der Waals surface area (Å²) in [4.78, 5) is 8.72. The second-order valence-electron chi connectivity index (χ2n) is 4.90. The van der Waals surface area contributed by atoms with Crippen LogP contribution >= 0.6 is 0 Å². The zero-order chi connectivity index (χ0) is 13.8. The van der Waals surface area contributed by atoms with E-state index in [0.29, 0.717) is 17.5 Å². The Morgan fingerprint density at radius 2 is 1.78 bits per heavy atom. The molecule has 6 heteroatoms. The molecule has 0 saturated carbocycles. The largest absolute Gasteiger partial charge is 0.394 e. The average molecular weight is 254 g/mol. The molecule has 1 rings (SSSR count). The van der Waals surface area contributed by atoms with Gasteiger partial charge in [-0.15, -0.1) is 0 Å². The van der Waals surface area contributed by atoms with Crippen LogP contribution in [0.1, 0.15) is 32.5 Å². The van der Waals surface area contributed by atoms with Crippen molar-refractivity contribution >= 4 is 11.6 Å². The molecule has 0 aliphatic rings. The van der Waals surface area contributed by atoms with Crippen molar-refractivity contribution in [1.82, 2.24) is 9.97 Å². The van der Waals surface area contributed by atoms with Crippen LogP contribution in [0, 0.1) is 0 Å². The Labute approximate surface area is 107 Å². The van der Waals surface area contributed by atoms with Crippen molar-refractivity contribution in [3.63, 3.8) is 0 Å². The lowest BCUT2D eigenvalue weighted by atomic mass is 10.1. The van der Waals surface area contributed by atoms with Crippen LogP contribution in [0.15, 0.2) is 6.07 Å². The molecule has 0 bridgehead atoms. The minimum absolute atomic E-state index is 0.181. The Bertz CT molecular complexity index is 392. The molecule has 1 aromatic heterocycles. The Morgan fingerprint density at radius 3 is 2.22 bits per heavy atom. The summed E-state index contributed by atoms with van der Waals surface area (Å²) >= 11 is 0. The zero-order valence-electron chi connectivity index (χ0n) is 11.4. The lowest BCUT2D eigenvalue weighted by Gasteiger charge is -2.27. The first-order chi connectivity index (χ1) is 8.44. The van der Waals surface area contributed by atoms with E-state index in [1.54, 1.807) is 20.0 Å². The van der Waals surface area contributed by atoms with E-state index in [0.717, 1.165) is 0 Å². The fourth-order valence-electron chi connectivity index (χ4n) is 1.35. The number of aliphatic hydroxyl groups excluding tert-OH is 2. The van der Waals surface area contributed by atoms with Gasteiger partial charge in [0.05, 0.1) is 18.8 Å². The first-order valence-corrected chi connectivity index (χ1v) is 6.00. The minimum atomic E-state index is -0.798. The van der Waals surface area contributed by atoms with E-state index in [2.05, 4.69) is 20.6 Å². The van der Waals surface area contributed by atoms with Crippen LogP contribution in [-0.2, 0) is 0 Å². The maximum atomic E-state index is 9.27. The summed E-state index contributed by atoms with van der Waals surface area (Å²) in [6, 6.07) is 1.75. The van der Waals surface area contributed by atoms with Gasteiger partial charge in [-0.1, -0.05) is 13.8 Å². The smallest absolute Gasteiger partial charge is 0.135 e. The summed E-state index contributed by atoms with van der Waals surface area (Å²) < 4.78 is 0. The number of nitrogens with one attached hydrogen (secondary N) is 2. The number of anilines is 2. The first-order valence-electron chi connectivity index (χ1n) is 6.00. The van der Waals surface area contributed by atoms with Gasteiger partial charge in [-0.25, -0.2) is 9.97 Å². The van der Waals surface area contributed by atoms with Gasteiger partial charge < -0.3 is 20.8 Å². The second-order valence-corrected chi connectivity index (χ2v) is 4.90. The van der Waals surface area contributed by atoms with Crippen LogP contribution in [0.25, 0.3) is 0 Å². The molecule has 4 N–H and O–H groups in total. The molecule has 0 radical (unpaired) electrons. The molecular formula is C12H22N4O2. The molecule has 102 valence electrons. The fraction of sp³-hybridized carbons (Fsp3) is 0.667. The summed E-state index contributed by atoms with van der Waals surface area (Å²) in [5.74, 6) is 2.20. The third-order valence-electron chi connectivity index (χ3n) is 2.64. The third-order valence-corrected chi connectivity index (χ3v) is 2.64. The van der Waals surface area contributed by atoms with Crippen molar-refractivity contribution in [3.8, 4) is 0 Å².